The highest BCUT2D eigenvalue weighted by Gasteiger charge is 1.98. The van der Waals surface area contributed by atoms with Gasteiger partial charge in [-0.2, -0.15) is 0 Å². The number of Topliss-reactive ketones (excluding diaryl/α,β-unsaturated/α-hetero) is 1. The zero-order chi connectivity index (χ0) is 20.5. The highest BCUT2D eigenvalue weighted by molar-refractivity contribution is 5.84. The summed E-state index contributed by atoms with van der Waals surface area (Å²) in [6, 6.07) is 0. The van der Waals surface area contributed by atoms with Crippen LogP contribution in [0.1, 0.15) is 73.1 Å². The van der Waals surface area contributed by atoms with Gasteiger partial charge >= 0.3 is 0 Å². The fraction of sp³-hybridized carbons (Fsp3) is 0.833. The molecule has 0 aromatic heterocycles. The molecule has 0 heterocycles. The van der Waals surface area contributed by atoms with Crippen LogP contribution in [0.15, 0.2) is 0 Å². The Morgan fingerprint density at radius 3 is 1.76 bits per heavy atom. The monoisotopic (exact) mass is 362 g/mol. The first-order valence-electron chi connectivity index (χ1n) is 9.24. The molecule has 0 aromatic carbocycles. The molecule has 0 aliphatic carbocycles. The summed E-state index contributed by atoms with van der Waals surface area (Å²) in [6.45, 7) is 10.8. The number of nitrogens with two attached hydrogens (primary N) is 2. The van der Waals surface area contributed by atoms with Gasteiger partial charge in [0, 0.05) is 6.42 Å². The van der Waals surface area contributed by atoms with Crippen LogP contribution in [0.2, 0.25) is 0 Å². The fourth-order valence-corrected chi connectivity index (χ4v) is 1.10. The van der Waals surface area contributed by atoms with Gasteiger partial charge in [-0.15, -0.1) is 0 Å². The molecule has 0 saturated heterocycles. The van der Waals surface area contributed by atoms with E-state index in [2.05, 4.69) is 24.5 Å². The lowest BCUT2D eigenvalue weighted by Crippen LogP contribution is -2.37. The average molecular weight is 363 g/mol. The van der Waals surface area contributed by atoms with E-state index in [1.54, 1.807) is 14.0 Å². The van der Waals surface area contributed by atoms with Crippen LogP contribution in [0.5, 0.6) is 0 Å². The van der Waals surface area contributed by atoms with E-state index in [9.17, 15) is 14.4 Å². The van der Waals surface area contributed by atoms with E-state index in [0.29, 0.717) is 0 Å². The van der Waals surface area contributed by atoms with Crippen LogP contribution >= 0.6 is 0 Å². The van der Waals surface area contributed by atoms with Crippen molar-refractivity contribution < 1.29 is 14.4 Å². The Balaban J connectivity index is -0.000000135. The molecule has 0 bridgehead atoms. The van der Waals surface area contributed by atoms with Crippen molar-refractivity contribution in [3.8, 4) is 0 Å². The van der Waals surface area contributed by atoms with Crippen molar-refractivity contribution in [3.63, 3.8) is 0 Å². The highest BCUT2D eigenvalue weighted by atomic mass is 16.2. The molecular weight excluding hydrogens is 320 g/mol. The lowest BCUT2D eigenvalue weighted by Gasteiger charge is -1.99. The second-order valence-corrected chi connectivity index (χ2v) is 5.07. The molecule has 0 spiro atoms. The molecule has 0 saturated carbocycles. The van der Waals surface area contributed by atoms with Crippen LogP contribution in [-0.2, 0) is 14.4 Å². The zero-order valence-electron chi connectivity index (χ0n) is 17.2. The van der Waals surface area contributed by atoms with Gasteiger partial charge in [-0.3, -0.25) is 9.59 Å². The number of likely N-dealkylation sites (N-methyl/N-ethyl adjacent to an activating group) is 1. The van der Waals surface area contributed by atoms with Gasteiger partial charge in [0.05, 0.1) is 13.1 Å². The third-order valence-corrected chi connectivity index (χ3v) is 2.53. The van der Waals surface area contributed by atoms with Crippen LogP contribution in [-0.4, -0.2) is 44.3 Å². The van der Waals surface area contributed by atoms with Crippen molar-refractivity contribution in [1.82, 2.24) is 10.6 Å². The molecule has 152 valence electrons. The topological polar surface area (TPSA) is 127 Å². The van der Waals surface area contributed by atoms with Crippen LogP contribution in [0, 0.1) is 0 Å². The number of carbonyl (C=O) groups is 3. The molecule has 7 nitrogen and oxygen atoms in total. The second-order valence-electron chi connectivity index (χ2n) is 5.07. The van der Waals surface area contributed by atoms with Gasteiger partial charge in [-0.05, 0) is 33.4 Å². The molecule has 7 heteroatoms. The maximum atomic E-state index is 10.6. The summed E-state index contributed by atoms with van der Waals surface area (Å²) in [5.41, 5.74) is 10.0. The Hall–Kier alpha value is -1.47. The van der Waals surface area contributed by atoms with E-state index in [0.717, 1.165) is 32.2 Å². The number of rotatable bonds is 10. The summed E-state index contributed by atoms with van der Waals surface area (Å²) in [4.78, 5) is 31.0. The number of hydrogen-bond acceptors (Lipinski definition) is 5. The number of nitrogens with one attached hydrogen (secondary N) is 2. The summed E-state index contributed by atoms with van der Waals surface area (Å²) in [7, 11) is 1.64. The summed E-state index contributed by atoms with van der Waals surface area (Å²) in [6.07, 6.45) is 6.51. The lowest BCUT2D eigenvalue weighted by atomic mass is 10.1. The number of hydrogen-bond donors (Lipinski definition) is 4. The van der Waals surface area contributed by atoms with Crippen molar-refractivity contribution in [2.45, 2.75) is 73.1 Å². The molecule has 0 atom stereocenters. The Bertz CT molecular complexity index is 296. The maximum absolute atomic E-state index is 10.6. The summed E-state index contributed by atoms with van der Waals surface area (Å²) < 4.78 is 0. The number of primary amides is 1. The molecule has 25 heavy (non-hydrogen) atoms. The summed E-state index contributed by atoms with van der Waals surface area (Å²) in [5.74, 6) is -0.488. The molecule has 0 aliphatic heterocycles. The number of ketones is 1. The molecule has 0 rings (SSSR count). The number of carbonyl (C=O) groups excluding carboxylic acids is 3. The fourth-order valence-electron chi connectivity index (χ4n) is 1.10. The number of amides is 2. The zero-order valence-corrected chi connectivity index (χ0v) is 17.2. The predicted octanol–water partition coefficient (Wildman–Crippen LogP) is 1.73. The van der Waals surface area contributed by atoms with Crippen molar-refractivity contribution in [2.75, 3.05) is 26.7 Å². The third kappa shape index (κ3) is 51.9. The molecule has 6 N–H and O–H groups in total. The SMILES string of the molecule is CC.CC(=O)CCCCCN.CCCC.CNCC(=O)NCC(N)=O. The minimum absolute atomic E-state index is 0.0967. The summed E-state index contributed by atoms with van der Waals surface area (Å²) in [5, 5.41) is 4.93. The average Bonchev–Trinajstić information content (AvgIpc) is 2.59. The minimum atomic E-state index is -0.538. The first kappa shape index (κ1) is 31.3. The largest absolute Gasteiger partial charge is 0.368 e. The molecule has 0 aromatic rings. The Morgan fingerprint density at radius 1 is 0.920 bits per heavy atom. The van der Waals surface area contributed by atoms with Crippen LogP contribution in [0.4, 0.5) is 0 Å². The lowest BCUT2D eigenvalue weighted by molar-refractivity contribution is -0.124. The molecule has 0 fully saturated rings. The van der Waals surface area contributed by atoms with Crippen LogP contribution in [0.25, 0.3) is 0 Å². The van der Waals surface area contributed by atoms with Gasteiger partial charge < -0.3 is 26.9 Å². The van der Waals surface area contributed by atoms with Gasteiger partial charge in [0.2, 0.25) is 11.8 Å². The van der Waals surface area contributed by atoms with Gasteiger partial charge in [-0.25, -0.2) is 0 Å². The van der Waals surface area contributed by atoms with E-state index in [4.69, 9.17) is 11.5 Å². The van der Waals surface area contributed by atoms with Crippen molar-refractivity contribution >= 4 is 17.6 Å². The van der Waals surface area contributed by atoms with Crippen molar-refractivity contribution in [1.29, 1.82) is 0 Å². The molecule has 0 radical (unpaired) electrons. The maximum Gasteiger partial charge on any atom is 0.236 e. The summed E-state index contributed by atoms with van der Waals surface area (Å²) >= 11 is 0. The van der Waals surface area contributed by atoms with Crippen LogP contribution in [0.3, 0.4) is 0 Å². The molecule has 2 amide bonds. The smallest absolute Gasteiger partial charge is 0.236 e. The Morgan fingerprint density at radius 2 is 1.44 bits per heavy atom. The van der Waals surface area contributed by atoms with E-state index in [1.807, 2.05) is 13.8 Å². The van der Waals surface area contributed by atoms with Gasteiger partial charge in [0.15, 0.2) is 0 Å². The number of unbranched alkanes of at least 4 members (excludes halogenated alkanes) is 3. The van der Waals surface area contributed by atoms with E-state index >= 15 is 0 Å². The van der Waals surface area contributed by atoms with Crippen molar-refractivity contribution in [2.24, 2.45) is 11.5 Å². The highest BCUT2D eigenvalue weighted by Crippen LogP contribution is 1.98. The van der Waals surface area contributed by atoms with Crippen LogP contribution < -0.4 is 22.1 Å². The van der Waals surface area contributed by atoms with E-state index < -0.39 is 5.91 Å². The normalized spacial score (nSPS) is 8.44. The van der Waals surface area contributed by atoms with Gasteiger partial charge in [-0.1, -0.05) is 47.0 Å². The first-order valence-corrected chi connectivity index (χ1v) is 9.24. The van der Waals surface area contributed by atoms with Crippen molar-refractivity contribution in [3.05, 3.63) is 0 Å². The second kappa shape index (κ2) is 30.4. The molecular formula is C18H42N4O3. The van der Waals surface area contributed by atoms with E-state index in [1.165, 1.54) is 12.8 Å². The Kier molecular flexibility index (Phi) is 38.1. The van der Waals surface area contributed by atoms with Gasteiger partial charge in [0.1, 0.15) is 5.78 Å². The molecule has 0 aliphatic rings. The minimum Gasteiger partial charge on any atom is -0.368 e. The molecule has 0 unspecified atom stereocenters. The predicted molar refractivity (Wildman–Crippen MR) is 106 cm³/mol. The van der Waals surface area contributed by atoms with Gasteiger partial charge in [0.25, 0.3) is 0 Å². The standard InChI is InChI=1S/C7H15NO.C5H11N3O2.C4H10.C2H6/c1-7(9)5-3-2-4-6-8;1-7-3-5(10)8-2-4(6)9;1-3-4-2;1-2/h2-6,8H2,1H3;7H,2-3H2,1H3,(H2,6,9)(H,8,10);3-4H2,1-2H3;1-2H3. The first-order chi connectivity index (χ1) is 11.8. The Labute approximate surface area is 154 Å². The quantitative estimate of drug-likeness (QED) is 0.440. The third-order valence-electron chi connectivity index (χ3n) is 2.53. The van der Waals surface area contributed by atoms with E-state index in [-0.39, 0.29) is 24.8 Å².